The topological polar surface area (TPSA) is 68.8 Å². The van der Waals surface area contributed by atoms with Crippen molar-refractivity contribution in [2.75, 3.05) is 0 Å². The molecule has 2 rings (SSSR count). The van der Waals surface area contributed by atoms with Crippen LogP contribution in [0.4, 0.5) is 0 Å². The van der Waals surface area contributed by atoms with Gasteiger partial charge in [0, 0.05) is 9.92 Å². The van der Waals surface area contributed by atoms with Crippen molar-refractivity contribution < 1.29 is 18.9 Å². The van der Waals surface area contributed by atoms with E-state index in [-0.39, 0.29) is 0 Å². The molecule has 2 aromatic carbocycles. The van der Waals surface area contributed by atoms with E-state index in [0.717, 1.165) is 28.1 Å². The van der Waals surface area contributed by atoms with E-state index >= 15 is 0 Å². The van der Waals surface area contributed by atoms with Crippen molar-refractivity contribution in [1.29, 1.82) is 0 Å². The van der Waals surface area contributed by atoms with Crippen molar-refractivity contribution >= 4 is 29.6 Å². The second-order valence-corrected chi connectivity index (χ2v) is 6.49. The number of rotatable bonds is 8. The first-order valence-electron chi connectivity index (χ1n) is 7.50. The van der Waals surface area contributed by atoms with Crippen LogP contribution in [0.5, 0.6) is 5.75 Å². The van der Waals surface area contributed by atoms with Gasteiger partial charge < -0.3 is 4.74 Å². The van der Waals surface area contributed by atoms with Crippen LogP contribution < -0.4 is 15.8 Å². The minimum Gasteiger partial charge on any atom is -0.481 e. The van der Waals surface area contributed by atoms with Crippen LogP contribution >= 0.6 is 23.6 Å². The van der Waals surface area contributed by atoms with E-state index in [1.807, 2.05) is 38.1 Å². The first-order valence-corrected chi connectivity index (χ1v) is 8.62. The van der Waals surface area contributed by atoms with Crippen LogP contribution in [0.2, 0.25) is 5.02 Å². The Morgan fingerprint density at radius 2 is 1.88 bits per heavy atom. The molecule has 0 aliphatic heterocycles. The lowest BCUT2D eigenvalue weighted by Crippen LogP contribution is -2.44. The molecule has 0 heterocycles. The Morgan fingerprint density at radius 1 is 1.16 bits per heavy atom. The number of aryl methyl sites for hydroxylation is 2. The van der Waals surface area contributed by atoms with Gasteiger partial charge in [0.2, 0.25) is 0 Å². The van der Waals surface area contributed by atoms with Crippen LogP contribution in [0.3, 0.4) is 0 Å². The monoisotopic (exact) mass is 382 g/mol. The number of benzene rings is 2. The largest absolute Gasteiger partial charge is 0.481 e. The highest BCUT2D eigenvalue weighted by Crippen LogP contribution is 2.22. The third-order valence-electron chi connectivity index (χ3n) is 3.21. The molecule has 1 unspecified atom stereocenters. The van der Waals surface area contributed by atoms with E-state index < -0.39 is 12.0 Å². The van der Waals surface area contributed by atoms with Gasteiger partial charge in [-0.3, -0.25) is 10.2 Å². The Kier molecular flexibility index (Phi) is 7.54. The van der Waals surface area contributed by atoms with E-state index in [0.29, 0.717) is 10.8 Å². The summed E-state index contributed by atoms with van der Waals surface area (Å²) in [5.74, 6) is 0.133. The summed E-state index contributed by atoms with van der Waals surface area (Å²) in [6.45, 7) is 5.47. The lowest BCUT2D eigenvalue weighted by Gasteiger charge is -2.15. The molecule has 6 nitrogen and oxygen atoms in total. The van der Waals surface area contributed by atoms with Gasteiger partial charge in [-0.25, -0.2) is 0 Å². The maximum Gasteiger partial charge on any atom is 0.276 e. The normalized spacial score (nSPS) is 11.8. The predicted molar refractivity (Wildman–Crippen MR) is 96.8 cm³/mol. The molecule has 0 fully saturated rings. The van der Waals surface area contributed by atoms with Gasteiger partial charge in [-0.15, -0.1) is 9.32 Å². The van der Waals surface area contributed by atoms with Crippen LogP contribution in [-0.4, -0.2) is 12.0 Å². The molecule has 0 aliphatic carbocycles. The number of carbonyl (C=O) groups is 1. The van der Waals surface area contributed by atoms with Crippen molar-refractivity contribution in [3.8, 4) is 5.75 Å². The van der Waals surface area contributed by atoms with Crippen molar-refractivity contribution in [3.63, 3.8) is 0 Å². The average Bonchev–Trinajstić information content (AvgIpc) is 2.59. The molecular weight excluding hydrogens is 364 g/mol. The first kappa shape index (κ1) is 19.6. The Hall–Kier alpha value is -1.77. The summed E-state index contributed by atoms with van der Waals surface area (Å²) in [6, 6.07) is 12.9. The molecular formula is C17H19ClN2O4S. The highest BCUT2D eigenvalue weighted by Gasteiger charge is 2.14. The van der Waals surface area contributed by atoms with Gasteiger partial charge in [-0.05, 0) is 56.7 Å². The Labute approximate surface area is 155 Å². The van der Waals surface area contributed by atoms with Gasteiger partial charge in [0.25, 0.3) is 5.91 Å². The van der Waals surface area contributed by atoms with Crippen LogP contribution in [0, 0.1) is 13.8 Å². The fraction of sp³-hybridized carbons (Fsp3) is 0.235. The maximum absolute atomic E-state index is 11.9. The van der Waals surface area contributed by atoms with E-state index in [2.05, 4.69) is 16.0 Å². The number of ether oxygens (including phenoxy) is 1. The highest BCUT2D eigenvalue weighted by atomic mass is 35.5. The molecule has 134 valence electrons. The Balaban J connectivity index is 1.67. The number of halogens is 1. The molecule has 2 aromatic rings. The summed E-state index contributed by atoms with van der Waals surface area (Å²) in [6.07, 6.45) is -0.735. The van der Waals surface area contributed by atoms with Crippen molar-refractivity contribution in [1.82, 2.24) is 11.0 Å². The third kappa shape index (κ3) is 6.56. The highest BCUT2D eigenvalue weighted by molar-refractivity contribution is 7.94. The minimum atomic E-state index is -0.735. The molecule has 1 atom stereocenters. The first-order chi connectivity index (χ1) is 12.0. The molecule has 0 aromatic heterocycles. The molecule has 2 N–H and O–H groups in total. The number of hydrogen-bond acceptors (Lipinski definition) is 6. The molecule has 0 saturated heterocycles. The van der Waals surface area contributed by atoms with E-state index in [1.165, 1.54) is 0 Å². The smallest absolute Gasteiger partial charge is 0.276 e. The molecule has 8 heteroatoms. The van der Waals surface area contributed by atoms with Crippen LogP contribution in [0.15, 0.2) is 47.4 Å². The van der Waals surface area contributed by atoms with Gasteiger partial charge in [0.05, 0.1) is 12.0 Å². The number of nitrogens with one attached hydrogen (secondary N) is 2. The molecule has 0 radical (unpaired) electrons. The van der Waals surface area contributed by atoms with Gasteiger partial charge >= 0.3 is 0 Å². The molecule has 25 heavy (non-hydrogen) atoms. The third-order valence-corrected chi connectivity index (χ3v) is 4.24. The molecule has 0 spiro atoms. The van der Waals surface area contributed by atoms with Gasteiger partial charge in [-0.2, -0.15) is 0 Å². The standard InChI is InChI=1S/C17H19ClN2O4S/c1-11-4-7-15(8-5-11)25-24-23-20-19-17(21)13(3)22-14-6-9-16(18)12(2)10-14/h4-10,13,20H,1-3H3,(H,19,21). The van der Waals surface area contributed by atoms with E-state index in [4.69, 9.17) is 20.7 Å². The molecule has 0 bridgehead atoms. The fourth-order valence-electron chi connectivity index (χ4n) is 1.79. The number of hydrazine groups is 1. The zero-order valence-electron chi connectivity index (χ0n) is 14.0. The number of amides is 1. The molecule has 0 aliphatic rings. The van der Waals surface area contributed by atoms with Gasteiger partial charge in [0.1, 0.15) is 5.75 Å². The van der Waals surface area contributed by atoms with Crippen molar-refractivity contribution in [2.24, 2.45) is 0 Å². The van der Waals surface area contributed by atoms with Crippen LogP contribution in [0.1, 0.15) is 18.1 Å². The summed E-state index contributed by atoms with van der Waals surface area (Å²) in [7, 11) is 0. The summed E-state index contributed by atoms with van der Waals surface area (Å²) >= 11 is 6.97. The average molecular weight is 383 g/mol. The van der Waals surface area contributed by atoms with Gasteiger partial charge in [0.15, 0.2) is 6.10 Å². The van der Waals surface area contributed by atoms with Crippen molar-refractivity contribution in [3.05, 3.63) is 58.6 Å². The van der Waals surface area contributed by atoms with Gasteiger partial charge in [-0.1, -0.05) is 34.9 Å². The summed E-state index contributed by atoms with van der Waals surface area (Å²) in [5.41, 5.74) is 6.56. The van der Waals surface area contributed by atoms with Crippen LogP contribution in [0.25, 0.3) is 0 Å². The second kappa shape index (κ2) is 9.65. The number of carbonyl (C=O) groups excluding carboxylic acids is 1. The number of hydrogen-bond donors (Lipinski definition) is 2. The SMILES string of the molecule is Cc1ccc(SOONNC(=O)C(C)Oc2ccc(Cl)c(C)c2)cc1. The molecule has 1 amide bonds. The summed E-state index contributed by atoms with van der Waals surface area (Å²) < 4.78 is 10.4. The lowest BCUT2D eigenvalue weighted by molar-refractivity contribution is -0.256. The lowest BCUT2D eigenvalue weighted by atomic mass is 10.2. The van der Waals surface area contributed by atoms with Crippen LogP contribution in [-0.2, 0) is 14.1 Å². The second-order valence-electron chi connectivity index (χ2n) is 5.31. The Morgan fingerprint density at radius 3 is 2.56 bits per heavy atom. The zero-order chi connectivity index (χ0) is 18.2. The fourth-order valence-corrected chi connectivity index (χ4v) is 2.30. The minimum absolute atomic E-state index is 0.420. The van der Waals surface area contributed by atoms with E-state index in [1.54, 1.807) is 25.1 Å². The van der Waals surface area contributed by atoms with E-state index in [9.17, 15) is 4.79 Å². The quantitative estimate of drug-likeness (QED) is 0.312. The maximum atomic E-state index is 11.9. The molecule has 0 saturated carbocycles. The van der Waals surface area contributed by atoms with Crippen molar-refractivity contribution in [2.45, 2.75) is 31.8 Å². The summed E-state index contributed by atoms with van der Waals surface area (Å²) in [4.78, 5) is 17.5. The summed E-state index contributed by atoms with van der Waals surface area (Å²) in [5, 5.41) is 0.641. The predicted octanol–water partition coefficient (Wildman–Crippen LogP) is 3.92. The zero-order valence-corrected chi connectivity index (χ0v) is 15.6. The Bertz CT molecular complexity index is 712.